The third-order valence-corrected chi connectivity index (χ3v) is 5.27. The molecule has 2 atom stereocenters. The number of thiazole rings is 1. The standard InChI is InChI=1S/C15H20ClN3S/c1-9(17)14-10(2)18-15(20-14)19(4)11(3)12-7-5-6-8-13(12)16/h5-9,11H,17H2,1-4H3. The molecule has 0 aliphatic carbocycles. The van der Waals surface area contributed by atoms with E-state index in [1.165, 1.54) is 0 Å². The van der Waals surface area contributed by atoms with Crippen LogP contribution in [0.4, 0.5) is 5.13 Å². The van der Waals surface area contributed by atoms with Crippen LogP contribution in [0.3, 0.4) is 0 Å². The maximum atomic E-state index is 6.27. The fraction of sp³-hybridized carbons (Fsp3) is 0.400. The highest BCUT2D eigenvalue weighted by atomic mass is 35.5. The monoisotopic (exact) mass is 309 g/mol. The van der Waals surface area contributed by atoms with Gasteiger partial charge in [-0.25, -0.2) is 4.98 Å². The third-order valence-electron chi connectivity index (χ3n) is 3.47. The number of hydrogen-bond donors (Lipinski definition) is 1. The van der Waals surface area contributed by atoms with Gasteiger partial charge in [0.15, 0.2) is 5.13 Å². The van der Waals surface area contributed by atoms with Crippen LogP contribution < -0.4 is 10.6 Å². The van der Waals surface area contributed by atoms with Gasteiger partial charge < -0.3 is 10.6 Å². The van der Waals surface area contributed by atoms with Gasteiger partial charge >= 0.3 is 0 Å². The van der Waals surface area contributed by atoms with E-state index in [-0.39, 0.29) is 12.1 Å². The zero-order chi connectivity index (χ0) is 14.9. The minimum Gasteiger partial charge on any atom is -0.344 e. The lowest BCUT2D eigenvalue weighted by atomic mass is 10.1. The summed E-state index contributed by atoms with van der Waals surface area (Å²) in [5.74, 6) is 0. The summed E-state index contributed by atoms with van der Waals surface area (Å²) >= 11 is 7.93. The predicted molar refractivity (Wildman–Crippen MR) is 87.7 cm³/mol. The van der Waals surface area contributed by atoms with E-state index in [1.54, 1.807) is 11.3 Å². The van der Waals surface area contributed by atoms with Crippen LogP contribution >= 0.6 is 22.9 Å². The lowest BCUT2D eigenvalue weighted by Crippen LogP contribution is -2.21. The molecule has 2 rings (SSSR count). The van der Waals surface area contributed by atoms with E-state index in [1.807, 2.05) is 39.1 Å². The van der Waals surface area contributed by atoms with Crippen molar-refractivity contribution < 1.29 is 0 Å². The second kappa shape index (κ2) is 6.12. The molecule has 2 aromatic rings. The highest BCUT2D eigenvalue weighted by Gasteiger charge is 2.19. The smallest absolute Gasteiger partial charge is 0.186 e. The van der Waals surface area contributed by atoms with Gasteiger partial charge in [-0.3, -0.25) is 0 Å². The maximum absolute atomic E-state index is 6.27. The van der Waals surface area contributed by atoms with Crippen LogP contribution in [0.2, 0.25) is 5.02 Å². The molecule has 0 bridgehead atoms. The van der Waals surface area contributed by atoms with Gasteiger partial charge in [0.25, 0.3) is 0 Å². The Kier molecular flexibility index (Phi) is 4.68. The second-order valence-electron chi connectivity index (χ2n) is 5.04. The quantitative estimate of drug-likeness (QED) is 0.914. The Hall–Kier alpha value is -1.10. The van der Waals surface area contributed by atoms with Crippen molar-refractivity contribution in [2.45, 2.75) is 32.9 Å². The van der Waals surface area contributed by atoms with E-state index in [0.29, 0.717) is 0 Å². The number of aromatic nitrogens is 1. The van der Waals surface area contributed by atoms with Gasteiger partial charge in [-0.1, -0.05) is 29.8 Å². The molecule has 0 radical (unpaired) electrons. The van der Waals surface area contributed by atoms with Crippen LogP contribution in [0.5, 0.6) is 0 Å². The Morgan fingerprint density at radius 1 is 1.30 bits per heavy atom. The molecule has 0 amide bonds. The SMILES string of the molecule is Cc1nc(N(C)C(C)c2ccccc2Cl)sc1C(C)N. The van der Waals surface area contributed by atoms with Gasteiger partial charge in [-0.15, -0.1) is 11.3 Å². The Balaban J connectivity index is 2.29. The van der Waals surface area contributed by atoms with Gasteiger partial charge in [-0.05, 0) is 32.4 Å². The number of halogens is 1. The Morgan fingerprint density at radius 2 is 1.95 bits per heavy atom. The summed E-state index contributed by atoms with van der Waals surface area (Å²) in [5.41, 5.74) is 8.09. The van der Waals surface area contributed by atoms with Crippen molar-refractivity contribution in [2.24, 2.45) is 5.73 Å². The van der Waals surface area contributed by atoms with Crippen molar-refractivity contribution in [1.29, 1.82) is 0 Å². The van der Waals surface area contributed by atoms with Crippen molar-refractivity contribution >= 4 is 28.1 Å². The lowest BCUT2D eigenvalue weighted by molar-refractivity contribution is 0.736. The number of benzene rings is 1. The van der Waals surface area contributed by atoms with Crippen molar-refractivity contribution in [3.8, 4) is 0 Å². The lowest BCUT2D eigenvalue weighted by Gasteiger charge is -2.25. The predicted octanol–water partition coefficient (Wildman–Crippen LogP) is 4.32. The van der Waals surface area contributed by atoms with Crippen molar-refractivity contribution in [3.05, 3.63) is 45.4 Å². The summed E-state index contributed by atoms with van der Waals surface area (Å²) in [6, 6.07) is 8.10. The van der Waals surface area contributed by atoms with E-state index in [2.05, 4.69) is 22.9 Å². The van der Waals surface area contributed by atoms with Gasteiger partial charge in [0.2, 0.25) is 0 Å². The fourth-order valence-electron chi connectivity index (χ4n) is 2.16. The van der Waals surface area contributed by atoms with E-state index < -0.39 is 0 Å². The number of anilines is 1. The third kappa shape index (κ3) is 2.97. The first-order valence-corrected chi connectivity index (χ1v) is 7.81. The Bertz CT molecular complexity index is 595. The fourth-order valence-corrected chi connectivity index (χ4v) is 3.51. The first kappa shape index (κ1) is 15.3. The molecule has 0 spiro atoms. The molecule has 0 aliphatic heterocycles. The molecule has 2 unspecified atom stereocenters. The molecule has 0 saturated carbocycles. The summed E-state index contributed by atoms with van der Waals surface area (Å²) in [7, 11) is 2.04. The Morgan fingerprint density at radius 3 is 2.50 bits per heavy atom. The zero-order valence-corrected chi connectivity index (χ0v) is 13.8. The highest BCUT2D eigenvalue weighted by Crippen LogP contribution is 2.34. The van der Waals surface area contributed by atoms with Crippen LogP contribution in [0.25, 0.3) is 0 Å². The summed E-state index contributed by atoms with van der Waals surface area (Å²) in [4.78, 5) is 7.91. The summed E-state index contributed by atoms with van der Waals surface area (Å²) in [6.45, 7) is 6.12. The van der Waals surface area contributed by atoms with Crippen LogP contribution in [-0.4, -0.2) is 12.0 Å². The molecule has 108 valence electrons. The molecule has 0 saturated heterocycles. The van der Waals surface area contributed by atoms with Gasteiger partial charge in [0.05, 0.1) is 11.7 Å². The van der Waals surface area contributed by atoms with Gasteiger partial charge in [-0.2, -0.15) is 0 Å². The van der Waals surface area contributed by atoms with Crippen molar-refractivity contribution in [1.82, 2.24) is 4.98 Å². The normalized spacial score (nSPS) is 14.1. The number of rotatable bonds is 4. The molecule has 3 nitrogen and oxygen atoms in total. The molecular formula is C15H20ClN3S. The number of hydrogen-bond acceptors (Lipinski definition) is 4. The molecule has 20 heavy (non-hydrogen) atoms. The minimum absolute atomic E-state index is 0.0188. The maximum Gasteiger partial charge on any atom is 0.186 e. The van der Waals surface area contributed by atoms with Crippen molar-refractivity contribution in [2.75, 3.05) is 11.9 Å². The molecule has 0 aliphatic rings. The summed E-state index contributed by atoms with van der Waals surface area (Å²) in [5, 5.41) is 1.76. The molecule has 1 aromatic heterocycles. The zero-order valence-electron chi connectivity index (χ0n) is 12.2. The molecule has 1 heterocycles. The highest BCUT2D eigenvalue weighted by molar-refractivity contribution is 7.15. The molecular weight excluding hydrogens is 290 g/mol. The summed E-state index contributed by atoms with van der Waals surface area (Å²) < 4.78 is 0. The van der Waals surface area contributed by atoms with E-state index in [4.69, 9.17) is 17.3 Å². The first-order valence-electron chi connectivity index (χ1n) is 6.62. The molecule has 2 N–H and O–H groups in total. The average Bonchev–Trinajstić information content (AvgIpc) is 2.80. The van der Waals surface area contributed by atoms with Crippen LogP contribution in [0.1, 0.15) is 42.1 Å². The molecule has 0 fully saturated rings. The van der Waals surface area contributed by atoms with E-state index in [0.717, 1.165) is 26.3 Å². The molecule has 1 aromatic carbocycles. The number of nitrogens with two attached hydrogens (primary N) is 1. The number of aryl methyl sites for hydroxylation is 1. The van der Waals surface area contributed by atoms with Crippen LogP contribution in [0, 0.1) is 6.92 Å². The Labute approximate surface area is 129 Å². The van der Waals surface area contributed by atoms with E-state index in [9.17, 15) is 0 Å². The van der Waals surface area contributed by atoms with E-state index >= 15 is 0 Å². The summed E-state index contributed by atoms with van der Waals surface area (Å²) in [6.07, 6.45) is 0. The minimum atomic E-state index is 0.0188. The van der Waals surface area contributed by atoms with Gasteiger partial charge in [0.1, 0.15) is 0 Å². The van der Waals surface area contributed by atoms with Crippen molar-refractivity contribution in [3.63, 3.8) is 0 Å². The molecule has 5 heteroatoms. The topological polar surface area (TPSA) is 42.2 Å². The average molecular weight is 310 g/mol. The second-order valence-corrected chi connectivity index (χ2v) is 6.46. The van der Waals surface area contributed by atoms with Gasteiger partial charge in [0, 0.05) is 23.0 Å². The van der Waals surface area contributed by atoms with Crippen LogP contribution in [-0.2, 0) is 0 Å². The van der Waals surface area contributed by atoms with Crippen LogP contribution in [0.15, 0.2) is 24.3 Å². The number of nitrogens with zero attached hydrogens (tertiary/aromatic N) is 2. The first-order chi connectivity index (χ1) is 9.41. The largest absolute Gasteiger partial charge is 0.344 e.